The maximum atomic E-state index is 10.3. The van der Waals surface area contributed by atoms with Gasteiger partial charge in [-0.1, -0.05) is 0 Å². The van der Waals surface area contributed by atoms with Crippen LogP contribution in [0.3, 0.4) is 0 Å². The Balaban J connectivity index is 5.56. The van der Waals surface area contributed by atoms with Gasteiger partial charge in [0.1, 0.15) is 0 Å². The Bertz CT molecular complexity index is 344. The van der Waals surface area contributed by atoms with Crippen LogP contribution in [0.1, 0.15) is 0 Å². The van der Waals surface area contributed by atoms with Gasteiger partial charge < -0.3 is 19.6 Å². The van der Waals surface area contributed by atoms with Crippen LogP contribution >= 0.6 is 15.2 Å². The first-order valence-corrected chi connectivity index (χ1v) is 7.30. The molecule has 12 heteroatoms. The van der Waals surface area contributed by atoms with Gasteiger partial charge in [-0.25, -0.2) is 0 Å². The molecular formula is CH6O9P2S. The molecule has 0 heterocycles. The summed E-state index contributed by atoms with van der Waals surface area (Å²) in [4.78, 5) is 32.9. The molecule has 0 aliphatic heterocycles. The van der Waals surface area contributed by atoms with E-state index in [-0.39, 0.29) is 0 Å². The summed E-state index contributed by atoms with van der Waals surface area (Å²) in [6.07, 6.45) is 0. The van der Waals surface area contributed by atoms with Gasteiger partial charge in [-0.15, -0.1) is 0 Å². The van der Waals surface area contributed by atoms with Gasteiger partial charge in [0.25, 0.3) is 14.9 Å². The number of hydrogen-bond donors (Lipinski definition) is 5. The lowest BCUT2D eigenvalue weighted by Crippen LogP contribution is -2.20. The average molecular weight is 256 g/mol. The predicted molar refractivity (Wildman–Crippen MR) is 39.4 cm³/mol. The van der Waals surface area contributed by atoms with E-state index in [2.05, 4.69) is 0 Å². The van der Waals surface area contributed by atoms with Crippen molar-refractivity contribution in [3.63, 3.8) is 0 Å². The molecule has 13 heavy (non-hydrogen) atoms. The van der Waals surface area contributed by atoms with Crippen molar-refractivity contribution in [2.45, 2.75) is 4.73 Å². The standard InChI is InChI=1S/CH6O9P2S/c2-11(3,4)1(12(5,6)7)13(8,9)10/h1H,(H2,2,3,4)(H2,5,6,7)(H,8,9,10). The van der Waals surface area contributed by atoms with Gasteiger partial charge in [-0.3, -0.25) is 13.7 Å². The van der Waals surface area contributed by atoms with Crippen LogP contribution in [0.4, 0.5) is 0 Å². The summed E-state index contributed by atoms with van der Waals surface area (Å²) in [5, 5.41) is 0. The van der Waals surface area contributed by atoms with Gasteiger partial charge in [0.2, 0.25) is 0 Å². The lowest BCUT2D eigenvalue weighted by molar-refractivity contribution is 0.346. The normalized spacial score (nSPS) is 14.9. The molecule has 0 amide bonds. The molecule has 0 rings (SSSR count). The largest absolute Gasteiger partial charge is 0.358 e. The van der Waals surface area contributed by atoms with E-state index in [0.29, 0.717) is 0 Å². The van der Waals surface area contributed by atoms with Crippen LogP contribution in [0.15, 0.2) is 0 Å². The molecule has 0 saturated carbocycles. The molecule has 0 aliphatic rings. The van der Waals surface area contributed by atoms with Gasteiger partial charge in [-0.2, -0.15) is 8.42 Å². The van der Waals surface area contributed by atoms with Crippen molar-refractivity contribution in [2.75, 3.05) is 0 Å². The lowest BCUT2D eigenvalue weighted by Gasteiger charge is -2.15. The Labute approximate surface area is 72.5 Å². The first-order chi connectivity index (χ1) is 5.37. The van der Waals surface area contributed by atoms with E-state index in [1.807, 2.05) is 0 Å². The summed E-state index contributed by atoms with van der Waals surface area (Å²) < 4.78 is 45.7. The molecule has 0 aromatic rings. The van der Waals surface area contributed by atoms with Crippen molar-refractivity contribution in [3.05, 3.63) is 0 Å². The molecule has 5 N–H and O–H groups in total. The summed E-state index contributed by atoms with van der Waals surface area (Å²) in [6, 6.07) is 0. The summed E-state index contributed by atoms with van der Waals surface area (Å²) in [6.45, 7) is 0. The molecule has 80 valence electrons. The topological polar surface area (TPSA) is 169 Å². The second kappa shape index (κ2) is 3.41. The van der Waals surface area contributed by atoms with Crippen molar-refractivity contribution >= 4 is 25.3 Å². The highest BCUT2D eigenvalue weighted by Gasteiger charge is 2.52. The smallest absolute Gasteiger partial charge is 0.323 e. The molecule has 0 bridgehead atoms. The van der Waals surface area contributed by atoms with Crippen LogP contribution in [0.2, 0.25) is 0 Å². The number of rotatable bonds is 3. The zero-order valence-corrected chi connectivity index (χ0v) is 8.35. The summed E-state index contributed by atoms with van der Waals surface area (Å²) in [7, 11) is -16.7. The monoisotopic (exact) mass is 256 g/mol. The molecule has 0 aromatic carbocycles. The second-order valence-corrected chi connectivity index (χ2v) is 8.02. The third kappa shape index (κ3) is 3.84. The van der Waals surface area contributed by atoms with E-state index in [4.69, 9.17) is 24.1 Å². The molecule has 0 spiro atoms. The molecule has 0 radical (unpaired) electrons. The van der Waals surface area contributed by atoms with Crippen molar-refractivity contribution in [1.82, 2.24) is 0 Å². The van der Waals surface area contributed by atoms with Crippen LogP contribution in [0.25, 0.3) is 0 Å². The third-order valence-electron chi connectivity index (χ3n) is 0.842. The van der Waals surface area contributed by atoms with E-state index >= 15 is 0 Å². The van der Waals surface area contributed by atoms with Gasteiger partial charge in [-0.05, 0) is 0 Å². The highest BCUT2D eigenvalue weighted by atomic mass is 32.2. The Kier molecular flexibility index (Phi) is 3.47. The minimum Gasteiger partial charge on any atom is -0.323 e. The van der Waals surface area contributed by atoms with Gasteiger partial charge in [0, 0.05) is 0 Å². The zero-order chi connectivity index (χ0) is 11.1. The quantitative estimate of drug-likeness (QED) is 0.298. The fourth-order valence-corrected chi connectivity index (χ4v) is 4.89. The Hall–Kier alpha value is 0.210. The van der Waals surface area contributed by atoms with Crippen LogP contribution in [-0.2, 0) is 19.2 Å². The third-order valence-corrected chi connectivity index (χ3v) is 7.58. The summed E-state index contributed by atoms with van der Waals surface area (Å²) in [5.74, 6) is 0. The molecule has 0 atom stereocenters. The van der Waals surface area contributed by atoms with Crippen LogP contribution in [0.5, 0.6) is 0 Å². The van der Waals surface area contributed by atoms with E-state index in [1.165, 1.54) is 0 Å². The minimum absolute atomic E-state index is 3.41. The van der Waals surface area contributed by atoms with E-state index in [9.17, 15) is 17.5 Å². The van der Waals surface area contributed by atoms with Crippen LogP contribution in [0, 0.1) is 0 Å². The van der Waals surface area contributed by atoms with Crippen molar-refractivity contribution in [2.24, 2.45) is 0 Å². The highest BCUT2D eigenvalue weighted by molar-refractivity contribution is 8.02. The first kappa shape index (κ1) is 13.2. The van der Waals surface area contributed by atoms with Crippen LogP contribution < -0.4 is 0 Å². The fraction of sp³-hybridized carbons (Fsp3) is 1.00. The first-order valence-electron chi connectivity index (χ1n) is 2.43. The second-order valence-electron chi connectivity index (χ2n) is 2.02. The average Bonchev–Trinajstić information content (AvgIpc) is 1.44. The van der Waals surface area contributed by atoms with Crippen LogP contribution in [-0.4, -0.2) is 37.3 Å². The zero-order valence-electron chi connectivity index (χ0n) is 5.75. The van der Waals surface area contributed by atoms with E-state index < -0.39 is 30.0 Å². The number of hydrogen-bond acceptors (Lipinski definition) is 4. The molecule has 0 saturated heterocycles. The predicted octanol–water partition coefficient (Wildman–Crippen LogP) is -1.49. The molecule has 0 aliphatic carbocycles. The Morgan fingerprint density at radius 2 is 1.15 bits per heavy atom. The van der Waals surface area contributed by atoms with E-state index in [0.717, 1.165) is 0 Å². The van der Waals surface area contributed by atoms with Gasteiger partial charge >= 0.3 is 15.2 Å². The maximum absolute atomic E-state index is 10.3. The summed E-state index contributed by atoms with van der Waals surface area (Å²) in [5.41, 5.74) is 0. The highest BCUT2D eigenvalue weighted by Crippen LogP contribution is 2.61. The van der Waals surface area contributed by atoms with Crippen molar-refractivity contribution in [1.29, 1.82) is 0 Å². The Morgan fingerprint density at radius 3 is 1.15 bits per heavy atom. The maximum Gasteiger partial charge on any atom is 0.358 e. The SMILES string of the molecule is O=P(O)(O)C(P(=O)(O)O)S(=O)(=O)O. The molecule has 9 nitrogen and oxygen atoms in total. The summed E-state index contributed by atoms with van der Waals surface area (Å²) >= 11 is 0. The van der Waals surface area contributed by atoms with Gasteiger partial charge in [0.15, 0.2) is 0 Å². The Morgan fingerprint density at radius 1 is 0.923 bits per heavy atom. The minimum atomic E-state index is -5.62. The molecular weight excluding hydrogens is 250 g/mol. The molecule has 0 unspecified atom stereocenters. The molecule has 0 aromatic heterocycles. The van der Waals surface area contributed by atoms with Crippen molar-refractivity contribution in [3.8, 4) is 0 Å². The molecule has 0 fully saturated rings. The lowest BCUT2D eigenvalue weighted by atomic mass is 11.9. The van der Waals surface area contributed by atoms with Gasteiger partial charge in [0.05, 0.1) is 0 Å². The van der Waals surface area contributed by atoms with E-state index in [1.54, 1.807) is 0 Å². The fourth-order valence-electron chi connectivity index (χ4n) is 0.543. The van der Waals surface area contributed by atoms with Crippen molar-refractivity contribution < 1.29 is 41.7 Å².